The van der Waals surface area contributed by atoms with Crippen LogP contribution in [0.2, 0.25) is 0 Å². The van der Waals surface area contributed by atoms with Gasteiger partial charge < -0.3 is 15.7 Å². The first-order valence-corrected chi connectivity index (χ1v) is 7.01. The summed E-state index contributed by atoms with van der Waals surface area (Å²) in [7, 11) is 0. The fourth-order valence-electron chi connectivity index (χ4n) is 2.04. The standard InChI is InChI=1S/C16H22N2O3/c1-2-10-17-15(20)16(21)18-11-8-14(9-12-19)13-6-4-3-5-7-13/h2-7,14,19H,1,8-12H2,(H,17,20)(H,18,21). The second kappa shape index (κ2) is 9.72. The van der Waals surface area contributed by atoms with E-state index in [4.69, 9.17) is 5.11 Å². The maximum Gasteiger partial charge on any atom is 0.309 e. The Kier molecular flexibility index (Phi) is 7.82. The molecule has 1 aromatic carbocycles. The van der Waals surface area contributed by atoms with E-state index in [2.05, 4.69) is 17.2 Å². The number of aliphatic hydroxyl groups excluding tert-OH is 1. The van der Waals surface area contributed by atoms with Crippen molar-refractivity contribution in [2.45, 2.75) is 18.8 Å². The van der Waals surface area contributed by atoms with Crippen molar-refractivity contribution < 1.29 is 14.7 Å². The zero-order valence-electron chi connectivity index (χ0n) is 12.0. The van der Waals surface area contributed by atoms with Crippen LogP contribution in [0.3, 0.4) is 0 Å². The molecule has 3 N–H and O–H groups in total. The van der Waals surface area contributed by atoms with Crippen molar-refractivity contribution in [1.82, 2.24) is 10.6 Å². The van der Waals surface area contributed by atoms with E-state index in [0.717, 1.165) is 5.56 Å². The molecule has 0 spiro atoms. The molecule has 0 aliphatic heterocycles. The normalized spacial score (nSPS) is 11.5. The van der Waals surface area contributed by atoms with Gasteiger partial charge in [-0.1, -0.05) is 36.4 Å². The lowest BCUT2D eigenvalue weighted by Gasteiger charge is -2.16. The SMILES string of the molecule is C=CCNC(=O)C(=O)NCCC(CCO)c1ccccc1. The first-order chi connectivity index (χ1) is 10.2. The molecule has 21 heavy (non-hydrogen) atoms. The van der Waals surface area contributed by atoms with Gasteiger partial charge in [-0.3, -0.25) is 9.59 Å². The molecule has 2 amide bonds. The minimum absolute atomic E-state index is 0.0906. The quantitative estimate of drug-likeness (QED) is 0.493. The van der Waals surface area contributed by atoms with Crippen molar-refractivity contribution in [3.8, 4) is 0 Å². The predicted octanol–water partition coefficient (Wildman–Crippen LogP) is 0.961. The molecule has 0 fully saturated rings. The Morgan fingerprint density at radius 3 is 2.43 bits per heavy atom. The molecule has 0 aromatic heterocycles. The van der Waals surface area contributed by atoms with Crippen LogP contribution in [0.5, 0.6) is 0 Å². The van der Waals surface area contributed by atoms with Gasteiger partial charge >= 0.3 is 11.8 Å². The maximum absolute atomic E-state index is 11.5. The average Bonchev–Trinajstić information content (AvgIpc) is 2.52. The van der Waals surface area contributed by atoms with Crippen molar-refractivity contribution >= 4 is 11.8 Å². The zero-order valence-corrected chi connectivity index (χ0v) is 12.0. The van der Waals surface area contributed by atoms with Crippen LogP contribution in [0.15, 0.2) is 43.0 Å². The number of carbonyl (C=O) groups is 2. The first kappa shape index (κ1) is 16.9. The molecule has 114 valence electrons. The summed E-state index contributed by atoms with van der Waals surface area (Å²) in [6, 6.07) is 9.82. The molecule has 0 aliphatic carbocycles. The van der Waals surface area contributed by atoms with Crippen molar-refractivity contribution in [3.05, 3.63) is 48.6 Å². The summed E-state index contributed by atoms with van der Waals surface area (Å²) in [6.45, 7) is 4.21. The van der Waals surface area contributed by atoms with Crippen LogP contribution in [0.1, 0.15) is 24.3 Å². The summed E-state index contributed by atoms with van der Waals surface area (Å²) in [5.41, 5.74) is 1.12. The number of carbonyl (C=O) groups excluding carboxylic acids is 2. The van der Waals surface area contributed by atoms with E-state index >= 15 is 0 Å². The third kappa shape index (κ3) is 6.23. The molecule has 1 aromatic rings. The second-order valence-electron chi connectivity index (χ2n) is 4.66. The summed E-state index contributed by atoms with van der Waals surface area (Å²) in [6.07, 6.45) is 2.81. The number of benzene rings is 1. The Bertz CT molecular complexity index is 460. The summed E-state index contributed by atoms with van der Waals surface area (Å²) < 4.78 is 0. The Balaban J connectivity index is 2.42. The highest BCUT2D eigenvalue weighted by Crippen LogP contribution is 2.22. The minimum atomic E-state index is -0.659. The van der Waals surface area contributed by atoms with Gasteiger partial charge in [0.2, 0.25) is 0 Å². The molecular weight excluding hydrogens is 268 g/mol. The van der Waals surface area contributed by atoms with Gasteiger partial charge in [0.25, 0.3) is 0 Å². The van der Waals surface area contributed by atoms with Crippen LogP contribution < -0.4 is 10.6 Å². The molecule has 5 nitrogen and oxygen atoms in total. The summed E-state index contributed by atoms with van der Waals surface area (Å²) >= 11 is 0. The van der Waals surface area contributed by atoms with Crippen molar-refractivity contribution in [2.24, 2.45) is 0 Å². The zero-order chi connectivity index (χ0) is 15.5. The van der Waals surface area contributed by atoms with E-state index in [1.807, 2.05) is 30.3 Å². The average molecular weight is 290 g/mol. The molecule has 1 unspecified atom stereocenters. The summed E-state index contributed by atoms with van der Waals surface area (Å²) in [5.74, 6) is -1.14. The molecule has 1 rings (SSSR count). The molecular formula is C16H22N2O3. The molecule has 0 heterocycles. The largest absolute Gasteiger partial charge is 0.396 e. The van der Waals surface area contributed by atoms with Crippen molar-refractivity contribution in [3.63, 3.8) is 0 Å². The summed E-state index contributed by atoms with van der Waals surface area (Å²) in [5, 5.41) is 14.1. The highest BCUT2D eigenvalue weighted by Gasteiger charge is 2.14. The number of hydrogen-bond acceptors (Lipinski definition) is 3. The fraction of sp³-hybridized carbons (Fsp3) is 0.375. The Morgan fingerprint density at radius 2 is 1.81 bits per heavy atom. The minimum Gasteiger partial charge on any atom is -0.396 e. The molecule has 0 saturated carbocycles. The van der Waals surface area contributed by atoms with Crippen LogP contribution in [0.4, 0.5) is 0 Å². The van der Waals surface area contributed by atoms with Crippen molar-refractivity contribution in [1.29, 1.82) is 0 Å². The Morgan fingerprint density at radius 1 is 1.14 bits per heavy atom. The fourth-order valence-corrected chi connectivity index (χ4v) is 2.04. The lowest BCUT2D eigenvalue weighted by atomic mass is 9.93. The van der Waals surface area contributed by atoms with E-state index in [1.54, 1.807) is 0 Å². The molecule has 0 saturated heterocycles. The third-order valence-electron chi connectivity index (χ3n) is 3.14. The number of hydrogen-bond donors (Lipinski definition) is 3. The van der Waals surface area contributed by atoms with E-state index in [-0.39, 0.29) is 19.1 Å². The van der Waals surface area contributed by atoms with Crippen molar-refractivity contribution in [2.75, 3.05) is 19.7 Å². The number of aliphatic hydroxyl groups is 1. The van der Waals surface area contributed by atoms with Gasteiger partial charge in [-0.25, -0.2) is 0 Å². The topological polar surface area (TPSA) is 78.4 Å². The number of rotatable bonds is 8. The van der Waals surface area contributed by atoms with Gasteiger partial charge in [0.1, 0.15) is 0 Å². The maximum atomic E-state index is 11.5. The van der Waals surface area contributed by atoms with E-state index < -0.39 is 11.8 Å². The third-order valence-corrected chi connectivity index (χ3v) is 3.14. The Hall–Kier alpha value is -2.14. The highest BCUT2D eigenvalue weighted by molar-refractivity contribution is 6.35. The van der Waals surface area contributed by atoms with Gasteiger partial charge in [0.05, 0.1) is 0 Å². The van der Waals surface area contributed by atoms with Crippen LogP contribution >= 0.6 is 0 Å². The lowest BCUT2D eigenvalue weighted by molar-refractivity contribution is -0.139. The Labute approximate surface area is 125 Å². The van der Waals surface area contributed by atoms with Crippen LogP contribution in [-0.2, 0) is 9.59 Å². The molecule has 0 bridgehead atoms. The first-order valence-electron chi connectivity index (χ1n) is 7.01. The number of amides is 2. The number of nitrogens with one attached hydrogen (secondary N) is 2. The highest BCUT2D eigenvalue weighted by atomic mass is 16.3. The second-order valence-corrected chi connectivity index (χ2v) is 4.66. The monoisotopic (exact) mass is 290 g/mol. The predicted molar refractivity (Wildman–Crippen MR) is 81.7 cm³/mol. The van der Waals surface area contributed by atoms with Gasteiger partial charge in [-0.05, 0) is 24.3 Å². The van der Waals surface area contributed by atoms with E-state index in [9.17, 15) is 9.59 Å². The van der Waals surface area contributed by atoms with E-state index in [1.165, 1.54) is 6.08 Å². The van der Waals surface area contributed by atoms with Crippen LogP contribution in [-0.4, -0.2) is 36.6 Å². The van der Waals surface area contributed by atoms with Crippen LogP contribution in [0.25, 0.3) is 0 Å². The van der Waals surface area contributed by atoms with E-state index in [0.29, 0.717) is 19.4 Å². The molecule has 0 aliphatic rings. The van der Waals surface area contributed by atoms with Gasteiger partial charge in [0.15, 0.2) is 0 Å². The molecule has 5 heteroatoms. The summed E-state index contributed by atoms with van der Waals surface area (Å²) in [4.78, 5) is 22.9. The van der Waals surface area contributed by atoms with Gasteiger partial charge in [0, 0.05) is 19.7 Å². The van der Waals surface area contributed by atoms with Gasteiger partial charge in [-0.15, -0.1) is 6.58 Å². The molecule has 1 atom stereocenters. The smallest absolute Gasteiger partial charge is 0.309 e. The molecule has 0 radical (unpaired) electrons. The van der Waals surface area contributed by atoms with Gasteiger partial charge in [-0.2, -0.15) is 0 Å². The van der Waals surface area contributed by atoms with Crippen LogP contribution in [0, 0.1) is 0 Å². The lowest BCUT2D eigenvalue weighted by Crippen LogP contribution is -2.40.